The first-order chi connectivity index (χ1) is 11.1. The summed E-state index contributed by atoms with van der Waals surface area (Å²) in [6.07, 6.45) is 7.55. The van der Waals surface area contributed by atoms with Gasteiger partial charge in [-0.2, -0.15) is 4.57 Å². The van der Waals surface area contributed by atoms with Crippen LogP contribution in [0.3, 0.4) is 0 Å². The SMILES string of the molecule is Cc1ncc(C[n+]2csc(CCO)c2C)c(N)n1.c1c[nH]cn1. The lowest BCUT2D eigenvalue weighted by Gasteiger charge is -2.01. The van der Waals surface area contributed by atoms with Crippen LogP contribution in [0.25, 0.3) is 0 Å². The van der Waals surface area contributed by atoms with Gasteiger partial charge in [-0.3, -0.25) is 0 Å². The van der Waals surface area contributed by atoms with Gasteiger partial charge in [0.2, 0.25) is 5.51 Å². The normalized spacial score (nSPS) is 10.2. The zero-order valence-electron chi connectivity index (χ0n) is 13.2. The molecule has 0 bridgehead atoms. The molecule has 0 aliphatic carbocycles. The van der Waals surface area contributed by atoms with Gasteiger partial charge < -0.3 is 15.8 Å². The van der Waals surface area contributed by atoms with E-state index >= 15 is 0 Å². The molecule has 122 valence electrons. The molecule has 0 amide bonds. The van der Waals surface area contributed by atoms with E-state index in [1.807, 2.05) is 19.4 Å². The van der Waals surface area contributed by atoms with Crippen LogP contribution in [0.1, 0.15) is 22.0 Å². The summed E-state index contributed by atoms with van der Waals surface area (Å²) in [6.45, 7) is 4.71. The minimum absolute atomic E-state index is 0.178. The Bertz CT molecular complexity index is 708. The summed E-state index contributed by atoms with van der Waals surface area (Å²) in [7, 11) is 0. The molecule has 0 fully saturated rings. The van der Waals surface area contributed by atoms with E-state index in [0.717, 1.165) is 11.3 Å². The fraction of sp³-hybridized carbons (Fsp3) is 0.333. The van der Waals surface area contributed by atoms with Crippen LogP contribution in [0.4, 0.5) is 5.82 Å². The summed E-state index contributed by atoms with van der Waals surface area (Å²) in [5.41, 5.74) is 10.0. The number of hydrogen-bond acceptors (Lipinski definition) is 6. The monoisotopic (exact) mass is 333 g/mol. The highest BCUT2D eigenvalue weighted by Crippen LogP contribution is 2.13. The molecule has 4 N–H and O–H groups in total. The molecule has 0 unspecified atom stereocenters. The number of thiazole rings is 1. The Labute approximate surface area is 138 Å². The number of anilines is 1. The number of hydrogen-bond donors (Lipinski definition) is 3. The number of nitrogens with zero attached hydrogens (tertiary/aromatic N) is 4. The van der Waals surface area contributed by atoms with Crippen LogP contribution < -0.4 is 10.3 Å². The Balaban J connectivity index is 0.000000326. The van der Waals surface area contributed by atoms with E-state index in [1.165, 1.54) is 4.88 Å². The predicted octanol–water partition coefficient (Wildman–Crippen LogP) is 1.02. The highest BCUT2D eigenvalue weighted by Gasteiger charge is 2.16. The average molecular weight is 333 g/mol. The van der Waals surface area contributed by atoms with E-state index in [0.29, 0.717) is 24.6 Å². The van der Waals surface area contributed by atoms with Crippen molar-refractivity contribution >= 4 is 17.2 Å². The summed E-state index contributed by atoms with van der Waals surface area (Å²) in [4.78, 5) is 15.9. The number of imidazole rings is 1. The van der Waals surface area contributed by atoms with Crippen LogP contribution in [-0.4, -0.2) is 31.6 Å². The number of aliphatic hydroxyl groups is 1. The maximum absolute atomic E-state index is 8.98. The summed E-state index contributed by atoms with van der Waals surface area (Å²) in [6, 6.07) is 0. The van der Waals surface area contributed by atoms with Gasteiger partial charge in [0.1, 0.15) is 11.6 Å². The minimum atomic E-state index is 0.178. The van der Waals surface area contributed by atoms with Crippen molar-refractivity contribution in [1.29, 1.82) is 0 Å². The summed E-state index contributed by atoms with van der Waals surface area (Å²) in [5, 5.41) is 8.98. The van der Waals surface area contributed by atoms with E-state index < -0.39 is 0 Å². The van der Waals surface area contributed by atoms with Crippen molar-refractivity contribution in [2.45, 2.75) is 26.8 Å². The third kappa shape index (κ3) is 4.83. The van der Waals surface area contributed by atoms with Gasteiger partial charge in [0, 0.05) is 38.5 Å². The van der Waals surface area contributed by atoms with E-state index in [9.17, 15) is 0 Å². The zero-order valence-corrected chi connectivity index (χ0v) is 14.0. The second-order valence-electron chi connectivity index (χ2n) is 4.92. The van der Waals surface area contributed by atoms with Crippen LogP contribution in [0, 0.1) is 13.8 Å². The van der Waals surface area contributed by atoms with Crippen molar-refractivity contribution in [3.8, 4) is 0 Å². The lowest BCUT2D eigenvalue weighted by Crippen LogP contribution is -2.35. The van der Waals surface area contributed by atoms with Gasteiger partial charge in [0.25, 0.3) is 0 Å². The minimum Gasteiger partial charge on any atom is -0.396 e. The van der Waals surface area contributed by atoms with Gasteiger partial charge in [0.05, 0.1) is 16.8 Å². The zero-order chi connectivity index (χ0) is 16.7. The lowest BCUT2D eigenvalue weighted by atomic mass is 10.2. The number of nitrogens with two attached hydrogens (primary N) is 1. The molecular weight excluding hydrogens is 312 g/mol. The first-order valence-electron chi connectivity index (χ1n) is 7.19. The molecule has 3 aromatic heterocycles. The van der Waals surface area contributed by atoms with Gasteiger partial charge in [-0.05, 0) is 6.92 Å². The number of aromatic nitrogens is 5. The summed E-state index contributed by atoms with van der Waals surface area (Å²) >= 11 is 1.65. The number of aliphatic hydroxyl groups excluding tert-OH is 1. The van der Waals surface area contributed by atoms with Crippen molar-refractivity contribution in [2.75, 3.05) is 12.3 Å². The standard InChI is InChI=1S/C12H17N4OS.C3H4N2/c1-8-11(3-4-17)18-7-16(8)6-10-5-14-9(2)15-12(10)13;1-2-5-3-4-1/h5,7,17H,3-4,6H2,1-2H3,(H2,13,14,15);1-3H,(H,4,5)/q+1;. The van der Waals surface area contributed by atoms with Crippen molar-refractivity contribution in [1.82, 2.24) is 19.9 Å². The molecule has 0 aliphatic rings. The van der Waals surface area contributed by atoms with E-state index in [-0.39, 0.29) is 6.61 Å². The maximum Gasteiger partial charge on any atom is 0.225 e. The summed E-state index contributed by atoms with van der Waals surface area (Å²) < 4.78 is 2.11. The first kappa shape index (κ1) is 17.0. The highest BCUT2D eigenvalue weighted by molar-refractivity contribution is 7.09. The molecule has 3 aromatic rings. The molecular formula is C15H21N6OS+. The average Bonchev–Trinajstić information content (AvgIpc) is 3.19. The second kappa shape index (κ2) is 8.35. The number of H-pyrrole nitrogens is 1. The van der Waals surface area contributed by atoms with Gasteiger partial charge in [-0.15, -0.1) is 0 Å². The van der Waals surface area contributed by atoms with Crippen molar-refractivity contribution < 1.29 is 9.67 Å². The molecule has 8 heteroatoms. The molecule has 0 radical (unpaired) electrons. The molecule has 23 heavy (non-hydrogen) atoms. The quantitative estimate of drug-likeness (QED) is 0.618. The molecule has 3 heterocycles. The topological polar surface area (TPSA) is 105 Å². The van der Waals surface area contributed by atoms with Crippen LogP contribution in [0.5, 0.6) is 0 Å². The third-order valence-electron chi connectivity index (χ3n) is 3.26. The molecule has 0 aliphatic heterocycles. The highest BCUT2D eigenvalue weighted by atomic mass is 32.1. The second-order valence-corrected chi connectivity index (χ2v) is 5.86. The fourth-order valence-corrected chi connectivity index (χ4v) is 2.97. The molecule has 7 nitrogen and oxygen atoms in total. The van der Waals surface area contributed by atoms with Crippen LogP contribution in [0.2, 0.25) is 0 Å². The third-order valence-corrected chi connectivity index (χ3v) is 4.40. The van der Waals surface area contributed by atoms with Gasteiger partial charge in [-0.1, -0.05) is 11.3 Å². The molecule has 0 saturated heterocycles. The molecule has 3 rings (SSSR count). The summed E-state index contributed by atoms with van der Waals surface area (Å²) in [5.74, 6) is 1.22. The Morgan fingerprint density at radius 2 is 2.22 bits per heavy atom. The van der Waals surface area contributed by atoms with Crippen LogP contribution >= 0.6 is 11.3 Å². The number of aromatic amines is 1. The Morgan fingerprint density at radius 1 is 1.39 bits per heavy atom. The van der Waals surface area contributed by atoms with E-state index in [4.69, 9.17) is 10.8 Å². The Morgan fingerprint density at radius 3 is 2.78 bits per heavy atom. The van der Waals surface area contributed by atoms with Crippen LogP contribution in [-0.2, 0) is 13.0 Å². The predicted molar refractivity (Wildman–Crippen MR) is 88.9 cm³/mol. The smallest absolute Gasteiger partial charge is 0.225 e. The van der Waals surface area contributed by atoms with Gasteiger partial charge >= 0.3 is 0 Å². The largest absolute Gasteiger partial charge is 0.396 e. The first-order valence-corrected chi connectivity index (χ1v) is 8.07. The Kier molecular flexibility index (Phi) is 6.19. The van der Waals surface area contributed by atoms with E-state index in [1.54, 1.807) is 36.3 Å². The van der Waals surface area contributed by atoms with Crippen LogP contribution in [0.15, 0.2) is 30.4 Å². The van der Waals surface area contributed by atoms with Crippen molar-refractivity contribution in [3.05, 3.63) is 52.4 Å². The van der Waals surface area contributed by atoms with Gasteiger partial charge in [-0.25, -0.2) is 15.0 Å². The number of nitrogens with one attached hydrogen (secondary N) is 1. The molecule has 0 saturated carbocycles. The molecule has 0 aromatic carbocycles. The van der Waals surface area contributed by atoms with E-state index in [2.05, 4.69) is 24.5 Å². The molecule has 0 spiro atoms. The van der Waals surface area contributed by atoms with Gasteiger partial charge in [0.15, 0.2) is 12.2 Å². The maximum atomic E-state index is 8.98. The van der Waals surface area contributed by atoms with Crippen molar-refractivity contribution in [2.24, 2.45) is 0 Å². The lowest BCUT2D eigenvalue weighted by molar-refractivity contribution is -0.689. The number of nitrogen functional groups attached to an aromatic ring is 1. The Hall–Kier alpha value is -2.32. The van der Waals surface area contributed by atoms with Crippen molar-refractivity contribution in [3.63, 3.8) is 0 Å². The number of rotatable bonds is 4. The molecule has 0 atom stereocenters. The fourth-order valence-electron chi connectivity index (χ4n) is 1.98. The number of aryl methyl sites for hydroxylation is 1.